The summed E-state index contributed by atoms with van der Waals surface area (Å²) in [6.07, 6.45) is 0. The fourth-order valence-corrected chi connectivity index (χ4v) is 3.43. The van der Waals surface area contributed by atoms with E-state index in [0.717, 1.165) is 5.69 Å². The zero-order chi connectivity index (χ0) is 19.9. The lowest BCUT2D eigenvalue weighted by atomic mass is 9.99. The molecule has 0 aliphatic carbocycles. The first-order valence-corrected chi connectivity index (χ1v) is 9.17. The van der Waals surface area contributed by atoms with Gasteiger partial charge in [-0.3, -0.25) is 14.3 Å². The van der Waals surface area contributed by atoms with Gasteiger partial charge in [-0.2, -0.15) is 5.10 Å². The van der Waals surface area contributed by atoms with Crippen molar-refractivity contribution >= 4 is 23.2 Å². The van der Waals surface area contributed by atoms with E-state index in [1.807, 2.05) is 57.5 Å². The number of ether oxygens (including phenoxy) is 1. The second-order valence-electron chi connectivity index (χ2n) is 7.19. The Morgan fingerprint density at radius 3 is 2.56 bits per heavy atom. The predicted octanol–water partition coefficient (Wildman–Crippen LogP) is 3.22. The van der Waals surface area contributed by atoms with E-state index >= 15 is 0 Å². The third-order valence-electron chi connectivity index (χ3n) is 4.93. The summed E-state index contributed by atoms with van der Waals surface area (Å²) in [4.78, 5) is 27.8. The Labute approximate surface area is 159 Å². The summed E-state index contributed by atoms with van der Waals surface area (Å²) in [5.41, 5.74) is 1.19. The zero-order valence-electron chi connectivity index (χ0n) is 16.7. The molecule has 7 heteroatoms. The molecule has 1 aromatic heterocycles. The smallest absolute Gasteiger partial charge is 0.280 e. The van der Waals surface area contributed by atoms with E-state index in [2.05, 4.69) is 10.4 Å². The highest BCUT2D eigenvalue weighted by atomic mass is 16.5. The van der Waals surface area contributed by atoms with Gasteiger partial charge in [-0.15, -0.1) is 0 Å². The summed E-state index contributed by atoms with van der Waals surface area (Å²) >= 11 is 0. The molecule has 2 aromatic rings. The summed E-state index contributed by atoms with van der Waals surface area (Å²) < 4.78 is 7.75. The monoisotopic (exact) mass is 370 g/mol. The lowest BCUT2D eigenvalue weighted by molar-refractivity contribution is -0.145. The summed E-state index contributed by atoms with van der Waals surface area (Å²) in [6.45, 7) is 11.6. The Kier molecular flexibility index (Phi) is 4.71. The number of rotatable bonds is 4. The maximum atomic E-state index is 13.1. The molecule has 7 nitrogen and oxygen atoms in total. The average molecular weight is 370 g/mol. The molecule has 1 atom stereocenters. The number of benzene rings is 1. The topological polar surface area (TPSA) is 76.5 Å². The molecule has 1 unspecified atom stereocenters. The maximum Gasteiger partial charge on any atom is 0.280 e. The van der Waals surface area contributed by atoms with E-state index in [4.69, 9.17) is 4.74 Å². The van der Waals surface area contributed by atoms with Gasteiger partial charge in [-0.05, 0) is 53.7 Å². The number of likely N-dealkylation sites (N-methyl/N-ethyl adjacent to an activating group) is 1. The van der Waals surface area contributed by atoms with Crippen LogP contribution in [0.5, 0.6) is 5.75 Å². The van der Waals surface area contributed by atoms with Crippen LogP contribution in [0.3, 0.4) is 0 Å². The number of nitrogens with zero attached hydrogens (tertiary/aromatic N) is 3. The fraction of sp³-hybridized carbons (Fsp3) is 0.450. The summed E-state index contributed by atoms with van der Waals surface area (Å²) in [5, 5.41) is 7.36. The molecule has 0 radical (unpaired) electrons. The average Bonchev–Trinajstić information content (AvgIpc) is 2.91. The number of hydrogen-bond acceptors (Lipinski definition) is 4. The lowest BCUT2D eigenvalue weighted by Crippen LogP contribution is -2.60. The SMILES string of the molecule is CCN1C(=O)C(C)(C(=O)Nc2c(C)nn(C(C)C)c2C)Oc2ccccc21. The highest BCUT2D eigenvalue weighted by molar-refractivity contribution is 6.20. The Morgan fingerprint density at radius 1 is 1.30 bits per heavy atom. The van der Waals surface area contributed by atoms with Crippen molar-refractivity contribution in [1.29, 1.82) is 0 Å². The number of hydrogen-bond donors (Lipinski definition) is 1. The highest BCUT2D eigenvalue weighted by Gasteiger charge is 2.50. The van der Waals surface area contributed by atoms with Crippen molar-refractivity contribution in [3.05, 3.63) is 35.7 Å². The number of aryl methyl sites for hydroxylation is 1. The van der Waals surface area contributed by atoms with Crippen molar-refractivity contribution in [1.82, 2.24) is 9.78 Å². The van der Waals surface area contributed by atoms with Crippen molar-refractivity contribution < 1.29 is 14.3 Å². The molecule has 1 aliphatic rings. The van der Waals surface area contributed by atoms with E-state index in [0.29, 0.717) is 29.4 Å². The zero-order valence-corrected chi connectivity index (χ0v) is 16.7. The molecular weight excluding hydrogens is 344 g/mol. The number of para-hydroxylation sites is 2. The van der Waals surface area contributed by atoms with Crippen molar-refractivity contribution in [2.75, 3.05) is 16.8 Å². The first kappa shape index (κ1) is 18.9. The van der Waals surface area contributed by atoms with Crippen LogP contribution < -0.4 is 15.0 Å². The van der Waals surface area contributed by atoms with Crippen LogP contribution in [0.2, 0.25) is 0 Å². The molecule has 0 saturated carbocycles. The van der Waals surface area contributed by atoms with Gasteiger partial charge in [0.05, 0.1) is 22.8 Å². The first-order chi connectivity index (χ1) is 12.7. The van der Waals surface area contributed by atoms with Gasteiger partial charge in [0, 0.05) is 12.6 Å². The van der Waals surface area contributed by atoms with Crippen molar-refractivity contribution in [2.24, 2.45) is 0 Å². The fourth-order valence-electron chi connectivity index (χ4n) is 3.43. The van der Waals surface area contributed by atoms with Gasteiger partial charge in [0.1, 0.15) is 5.75 Å². The van der Waals surface area contributed by atoms with Crippen molar-refractivity contribution in [2.45, 2.75) is 53.2 Å². The molecule has 144 valence electrons. The van der Waals surface area contributed by atoms with Gasteiger partial charge in [0.25, 0.3) is 17.4 Å². The van der Waals surface area contributed by atoms with Gasteiger partial charge in [-0.25, -0.2) is 0 Å². The lowest BCUT2D eigenvalue weighted by Gasteiger charge is -2.39. The number of anilines is 2. The van der Waals surface area contributed by atoms with E-state index in [1.165, 1.54) is 6.92 Å². The van der Waals surface area contributed by atoms with E-state index in [-0.39, 0.29) is 11.9 Å². The Balaban J connectivity index is 1.96. The molecule has 1 N–H and O–H groups in total. The standard InChI is InChI=1S/C20H26N4O3/c1-7-23-15-10-8-9-11-16(15)27-20(6,19(23)26)18(25)21-17-13(4)22-24(12(2)3)14(17)5/h8-12H,7H2,1-6H3,(H,21,25). The van der Waals surface area contributed by atoms with Crippen LogP contribution in [0.4, 0.5) is 11.4 Å². The molecule has 0 spiro atoms. The summed E-state index contributed by atoms with van der Waals surface area (Å²) in [7, 11) is 0. The predicted molar refractivity (Wildman–Crippen MR) is 104 cm³/mol. The van der Waals surface area contributed by atoms with Crippen LogP contribution >= 0.6 is 0 Å². The molecule has 27 heavy (non-hydrogen) atoms. The van der Waals surface area contributed by atoms with Crippen LogP contribution in [0, 0.1) is 13.8 Å². The van der Waals surface area contributed by atoms with Crippen LogP contribution in [0.1, 0.15) is 45.1 Å². The minimum atomic E-state index is -1.65. The van der Waals surface area contributed by atoms with Crippen LogP contribution in [-0.2, 0) is 9.59 Å². The van der Waals surface area contributed by atoms with Gasteiger partial charge < -0.3 is 15.0 Å². The van der Waals surface area contributed by atoms with Crippen LogP contribution in [-0.4, -0.2) is 33.7 Å². The Hall–Kier alpha value is -2.83. The third kappa shape index (κ3) is 2.97. The first-order valence-electron chi connectivity index (χ1n) is 9.17. The third-order valence-corrected chi connectivity index (χ3v) is 4.93. The molecule has 3 rings (SSSR count). The highest BCUT2D eigenvalue weighted by Crippen LogP contribution is 2.38. The van der Waals surface area contributed by atoms with Gasteiger partial charge in [0.2, 0.25) is 0 Å². The molecule has 0 saturated heterocycles. The molecule has 0 bridgehead atoms. The van der Waals surface area contributed by atoms with Crippen LogP contribution in [0.25, 0.3) is 0 Å². The number of aromatic nitrogens is 2. The second-order valence-corrected chi connectivity index (χ2v) is 7.19. The van der Waals surface area contributed by atoms with E-state index in [1.54, 1.807) is 11.0 Å². The summed E-state index contributed by atoms with van der Waals surface area (Å²) in [5.74, 6) is -0.370. The molecular formula is C20H26N4O3. The number of fused-ring (bicyclic) bond motifs is 1. The Bertz CT molecular complexity index is 903. The van der Waals surface area contributed by atoms with Gasteiger partial charge >= 0.3 is 0 Å². The van der Waals surface area contributed by atoms with Gasteiger partial charge in [0.15, 0.2) is 0 Å². The number of nitrogens with one attached hydrogen (secondary N) is 1. The maximum absolute atomic E-state index is 13.1. The normalized spacial score (nSPS) is 19.1. The van der Waals surface area contributed by atoms with E-state index < -0.39 is 11.5 Å². The van der Waals surface area contributed by atoms with Crippen molar-refractivity contribution in [3.63, 3.8) is 0 Å². The number of amides is 2. The van der Waals surface area contributed by atoms with Gasteiger partial charge in [-0.1, -0.05) is 12.1 Å². The molecule has 2 heterocycles. The molecule has 2 amide bonds. The van der Waals surface area contributed by atoms with E-state index in [9.17, 15) is 9.59 Å². The second kappa shape index (κ2) is 6.72. The van der Waals surface area contributed by atoms with Crippen molar-refractivity contribution in [3.8, 4) is 5.75 Å². The number of carbonyl (C=O) groups excluding carboxylic acids is 2. The molecule has 0 fully saturated rings. The quantitative estimate of drug-likeness (QED) is 0.839. The minimum Gasteiger partial charge on any atom is -0.465 e. The molecule has 1 aliphatic heterocycles. The Morgan fingerprint density at radius 2 is 1.96 bits per heavy atom. The summed E-state index contributed by atoms with van der Waals surface area (Å²) in [6, 6.07) is 7.41. The van der Waals surface area contributed by atoms with Crippen LogP contribution in [0.15, 0.2) is 24.3 Å². The minimum absolute atomic E-state index is 0.167. The largest absolute Gasteiger partial charge is 0.465 e. The number of carbonyl (C=O) groups is 2. The molecule has 1 aromatic carbocycles.